The third kappa shape index (κ3) is 5.39. The first-order valence-electron chi connectivity index (χ1n) is 5.37. The standard InChI is InChI=1S/C13H18O3/c1-13(2,3)16-12(14)9-10-15-11-7-5-4-6-8-11/h4-8H,9-10H2,1-3H3. The predicted molar refractivity (Wildman–Crippen MR) is 62.4 cm³/mol. The first-order valence-corrected chi connectivity index (χ1v) is 5.37. The van der Waals surface area contributed by atoms with E-state index in [0.29, 0.717) is 6.61 Å². The first kappa shape index (κ1) is 12.6. The lowest BCUT2D eigenvalue weighted by Crippen LogP contribution is -2.24. The number of benzene rings is 1. The molecule has 0 aliphatic rings. The van der Waals surface area contributed by atoms with Crippen LogP contribution >= 0.6 is 0 Å². The molecular weight excluding hydrogens is 204 g/mol. The minimum Gasteiger partial charge on any atom is -0.493 e. The highest BCUT2D eigenvalue weighted by Crippen LogP contribution is 2.10. The molecule has 0 radical (unpaired) electrons. The Kier molecular flexibility index (Phi) is 4.35. The summed E-state index contributed by atoms with van der Waals surface area (Å²) in [5.41, 5.74) is -0.427. The van der Waals surface area contributed by atoms with E-state index in [1.165, 1.54) is 0 Å². The lowest BCUT2D eigenvalue weighted by Gasteiger charge is -2.19. The molecule has 0 aliphatic heterocycles. The fourth-order valence-corrected chi connectivity index (χ4v) is 1.16. The quantitative estimate of drug-likeness (QED) is 0.735. The second-order valence-electron chi connectivity index (χ2n) is 4.50. The van der Waals surface area contributed by atoms with Gasteiger partial charge >= 0.3 is 5.97 Å². The first-order chi connectivity index (χ1) is 7.47. The third-order valence-corrected chi connectivity index (χ3v) is 1.74. The molecule has 0 unspecified atom stereocenters. The maximum Gasteiger partial charge on any atom is 0.309 e. The van der Waals surface area contributed by atoms with Gasteiger partial charge in [-0.05, 0) is 32.9 Å². The predicted octanol–water partition coefficient (Wildman–Crippen LogP) is 2.80. The van der Waals surface area contributed by atoms with Crippen molar-refractivity contribution in [3.63, 3.8) is 0 Å². The minimum absolute atomic E-state index is 0.233. The van der Waals surface area contributed by atoms with E-state index in [-0.39, 0.29) is 12.4 Å². The second-order valence-corrected chi connectivity index (χ2v) is 4.50. The molecular formula is C13H18O3. The van der Waals surface area contributed by atoms with Crippen LogP contribution in [0.2, 0.25) is 0 Å². The Morgan fingerprint density at radius 1 is 1.19 bits per heavy atom. The molecule has 0 heterocycles. The summed E-state index contributed by atoms with van der Waals surface area (Å²) in [5, 5.41) is 0. The Morgan fingerprint density at radius 2 is 1.81 bits per heavy atom. The maximum absolute atomic E-state index is 11.3. The number of carbonyl (C=O) groups is 1. The molecule has 0 aliphatic carbocycles. The number of para-hydroxylation sites is 1. The van der Waals surface area contributed by atoms with Gasteiger partial charge in [0.25, 0.3) is 0 Å². The molecule has 3 heteroatoms. The average Bonchev–Trinajstić information content (AvgIpc) is 2.16. The molecule has 0 N–H and O–H groups in total. The van der Waals surface area contributed by atoms with Crippen molar-refractivity contribution in [2.24, 2.45) is 0 Å². The SMILES string of the molecule is CC(C)(C)OC(=O)CCOc1ccccc1. The van der Waals surface area contributed by atoms with Crippen molar-refractivity contribution in [3.8, 4) is 5.75 Å². The van der Waals surface area contributed by atoms with Gasteiger partial charge in [0.1, 0.15) is 11.4 Å². The Balaban J connectivity index is 2.24. The van der Waals surface area contributed by atoms with Gasteiger partial charge in [-0.3, -0.25) is 4.79 Å². The zero-order chi connectivity index (χ0) is 12.0. The van der Waals surface area contributed by atoms with Gasteiger partial charge < -0.3 is 9.47 Å². The fraction of sp³-hybridized carbons (Fsp3) is 0.462. The van der Waals surface area contributed by atoms with E-state index >= 15 is 0 Å². The molecule has 88 valence electrons. The number of ether oxygens (including phenoxy) is 2. The summed E-state index contributed by atoms with van der Waals surface area (Å²) in [4.78, 5) is 11.3. The highest BCUT2D eigenvalue weighted by atomic mass is 16.6. The van der Waals surface area contributed by atoms with E-state index in [0.717, 1.165) is 5.75 Å². The molecule has 0 atom stereocenters. The zero-order valence-corrected chi connectivity index (χ0v) is 10.0. The summed E-state index contributed by atoms with van der Waals surface area (Å²) in [6, 6.07) is 9.41. The molecule has 0 spiro atoms. The minimum atomic E-state index is -0.427. The van der Waals surface area contributed by atoms with Gasteiger partial charge in [-0.25, -0.2) is 0 Å². The van der Waals surface area contributed by atoms with E-state index in [1.54, 1.807) is 0 Å². The van der Waals surface area contributed by atoms with Crippen LogP contribution in [0, 0.1) is 0 Å². The molecule has 0 saturated carbocycles. The van der Waals surface area contributed by atoms with Crippen LogP contribution in [0.3, 0.4) is 0 Å². The van der Waals surface area contributed by atoms with Gasteiger partial charge in [0, 0.05) is 0 Å². The van der Waals surface area contributed by atoms with Crippen LogP contribution in [-0.2, 0) is 9.53 Å². The summed E-state index contributed by atoms with van der Waals surface area (Å²) >= 11 is 0. The van der Waals surface area contributed by atoms with Crippen LogP contribution in [0.25, 0.3) is 0 Å². The zero-order valence-electron chi connectivity index (χ0n) is 10.0. The van der Waals surface area contributed by atoms with Gasteiger partial charge in [0.2, 0.25) is 0 Å². The lowest BCUT2D eigenvalue weighted by molar-refractivity contribution is -0.155. The van der Waals surface area contributed by atoms with Crippen molar-refractivity contribution >= 4 is 5.97 Å². The highest BCUT2D eigenvalue weighted by Gasteiger charge is 2.15. The van der Waals surface area contributed by atoms with Crippen molar-refractivity contribution in [1.82, 2.24) is 0 Å². The molecule has 0 fully saturated rings. The van der Waals surface area contributed by atoms with E-state index in [1.807, 2.05) is 51.1 Å². The number of esters is 1. The molecule has 1 aromatic carbocycles. The molecule has 1 aromatic rings. The van der Waals surface area contributed by atoms with Crippen molar-refractivity contribution in [3.05, 3.63) is 30.3 Å². The highest BCUT2D eigenvalue weighted by molar-refractivity contribution is 5.69. The Morgan fingerprint density at radius 3 is 2.38 bits per heavy atom. The summed E-state index contributed by atoms with van der Waals surface area (Å²) < 4.78 is 10.5. The molecule has 1 rings (SSSR count). The van der Waals surface area contributed by atoms with Crippen LogP contribution in [0.1, 0.15) is 27.2 Å². The molecule has 0 bridgehead atoms. The number of hydrogen-bond donors (Lipinski definition) is 0. The van der Waals surface area contributed by atoms with Crippen LogP contribution in [0.4, 0.5) is 0 Å². The second kappa shape index (κ2) is 5.54. The van der Waals surface area contributed by atoms with Crippen molar-refractivity contribution in [2.45, 2.75) is 32.8 Å². The monoisotopic (exact) mass is 222 g/mol. The average molecular weight is 222 g/mol. The van der Waals surface area contributed by atoms with Crippen molar-refractivity contribution < 1.29 is 14.3 Å². The Bertz CT molecular complexity index is 325. The van der Waals surface area contributed by atoms with Gasteiger partial charge in [-0.2, -0.15) is 0 Å². The topological polar surface area (TPSA) is 35.5 Å². The Hall–Kier alpha value is -1.51. The van der Waals surface area contributed by atoms with Crippen molar-refractivity contribution in [2.75, 3.05) is 6.61 Å². The summed E-state index contributed by atoms with van der Waals surface area (Å²) in [6.07, 6.45) is 0.270. The largest absolute Gasteiger partial charge is 0.493 e. The van der Waals surface area contributed by atoms with E-state index in [2.05, 4.69) is 0 Å². The number of hydrogen-bond acceptors (Lipinski definition) is 3. The fourth-order valence-electron chi connectivity index (χ4n) is 1.16. The van der Waals surface area contributed by atoms with Crippen LogP contribution in [0.15, 0.2) is 30.3 Å². The smallest absolute Gasteiger partial charge is 0.309 e. The van der Waals surface area contributed by atoms with E-state index in [9.17, 15) is 4.79 Å². The summed E-state index contributed by atoms with van der Waals surface area (Å²) in [6.45, 7) is 5.90. The Labute approximate surface area is 96.4 Å². The van der Waals surface area contributed by atoms with Gasteiger partial charge in [-0.1, -0.05) is 18.2 Å². The number of rotatable bonds is 4. The maximum atomic E-state index is 11.3. The molecule has 3 nitrogen and oxygen atoms in total. The molecule has 0 amide bonds. The molecule has 16 heavy (non-hydrogen) atoms. The molecule has 0 saturated heterocycles. The van der Waals surface area contributed by atoms with Gasteiger partial charge in [0.05, 0.1) is 13.0 Å². The van der Waals surface area contributed by atoms with E-state index in [4.69, 9.17) is 9.47 Å². The molecule has 0 aromatic heterocycles. The van der Waals surface area contributed by atoms with Crippen LogP contribution < -0.4 is 4.74 Å². The van der Waals surface area contributed by atoms with Crippen molar-refractivity contribution in [1.29, 1.82) is 0 Å². The number of carbonyl (C=O) groups excluding carboxylic acids is 1. The summed E-state index contributed by atoms with van der Waals surface area (Å²) in [5.74, 6) is 0.537. The third-order valence-electron chi connectivity index (χ3n) is 1.74. The lowest BCUT2D eigenvalue weighted by atomic mass is 10.2. The van der Waals surface area contributed by atoms with Gasteiger partial charge in [-0.15, -0.1) is 0 Å². The van der Waals surface area contributed by atoms with Crippen LogP contribution in [0.5, 0.6) is 5.75 Å². The van der Waals surface area contributed by atoms with Gasteiger partial charge in [0.15, 0.2) is 0 Å². The summed E-state index contributed by atoms with van der Waals surface area (Å²) in [7, 11) is 0. The van der Waals surface area contributed by atoms with Crippen LogP contribution in [-0.4, -0.2) is 18.2 Å². The van der Waals surface area contributed by atoms with E-state index < -0.39 is 5.60 Å². The normalized spacial score (nSPS) is 10.9.